The molecular weight excluding hydrogens is 366 g/mol. The van der Waals surface area contributed by atoms with Crippen molar-refractivity contribution in [2.75, 3.05) is 30.4 Å². The Morgan fingerprint density at radius 3 is 3.04 bits per heavy atom. The molecular formula is C16H17ClF2N6O. The molecule has 0 radical (unpaired) electrons. The number of amides is 1. The average molecular weight is 383 g/mol. The van der Waals surface area contributed by atoms with Crippen LogP contribution in [0, 0.1) is 5.82 Å². The zero-order valence-corrected chi connectivity index (χ0v) is 14.6. The second kappa shape index (κ2) is 7.77. The Bertz CT molecular complexity index is 821. The Kier molecular flexibility index (Phi) is 5.46. The Morgan fingerprint density at radius 2 is 2.27 bits per heavy atom. The molecule has 1 aliphatic heterocycles. The van der Waals surface area contributed by atoms with Gasteiger partial charge in [-0.1, -0.05) is 11.6 Å². The highest BCUT2D eigenvalue weighted by Gasteiger charge is 2.28. The van der Waals surface area contributed by atoms with Crippen molar-refractivity contribution in [1.29, 1.82) is 0 Å². The van der Waals surface area contributed by atoms with Gasteiger partial charge in [0.1, 0.15) is 24.4 Å². The van der Waals surface area contributed by atoms with E-state index in [1.807, 2.05) is 0 Å². The molecule has 1 amide bonds. The Hall–Kier alpha value is -2.55. The van der Waals surface area contributed by atoms with Crippen molar-refractivity contribution in [1.82, 2.24) is 20.3 Å². The smallest absolute Gasteiger partial charge is 0.242 e. The van der Waals surface area contributed by atoms with Gasteiger partial charge in [-0.15, -0.1) is 0 Å². The summed E-state index contributed by atoms with van der Waals surface area (Å²) < 4.78 is 26.2. The van der Waals surface area contributed by atoms with Crippen LogP contribution in [-0.4, -0.2) is 46.7 Å². The number of hydrogen-bond donors (Lipinski definition) is 3. The van der Waals surface area contributed by atoms with Crippen LogP contribution in [0.5, 0.6) is 0 Å². The van der Waals surface area contributed by atoms with E-state index in [0.717, 1.165) is 11.8 Å². The number of carbonyl (C=O) groups is 1. The molecule has 3 N–H and O–H groups in total. The number of rotatable bonds is 6. The molecule has 1 aliphatic rings. The molecule has 3 rings (SSSR count). The quantitative estimate of drug-likeness (QED) is 0.708. The second-order valence-electron chi connectivity index (χ2n) is 5.80. The average Bonchev–Trinajstić information content (AvgIpc) is 3.04. The molecule has 0 bridgehead atoms. The van der Waals surface area contributed by atoms with Crippen LogP contribution in [0.1, 0.15) is 24.2 Å². The minimum atomic E-state index is -0.788. The highest BCUT2D eigenvalue weighted by atomic mass is 35.5. The molecule has 10 heteroatoms. The van der Waals surface area contributed by atoms with Crippen LogP contribution in [0.2, 0.25) is 5.02 Å². The molecule has 0 aromatic carbocycles. The molecule has 0 spiro atoms. The van der Waals surface area contributed by atoms with Crippen LogP contribution in [0.15, 0.2) is 18.5 Å². The number of carbonyl (C=O) groups excluding carboxylic acids is 1. The lowest BCUT2D eigenvalue weighted by Gasteiger charge is -2.16. The van der Waals surface area contributed by atoms with Crippen molar-refractivity contribution >= 4 is 29.1 Å². The van der Waals surface area contributed by atoms with Gasteiger partial charge in [0, 0.05) is 24.8 Å². The largest absolute Gasteiger partial charge is 0.369 e. The SMILES string of the molecule is C[C@H](Nc1nc(C2CNc3ncc(Cl)cc32)ncc1F)C(=O)NCCF. The summed E-state index contributed by atoms with van der Waals surface area (Å²) in [6.07, 6.45) is 2.58. The number of anilines is 2. The van der Waals surface area contributed by atoms with E-state index in [4.69, 9.17) is 11.6 Å². The number of pyridine rings is 1. The first-order valence-corrected chi connectivity index (χ1v) is 8.39. The topological polar surface area (TPSA) is 91.8 Å². The van der Waals surface area contributed by atoms with Crippen molar-refractivity contribution in [2.45, 2.75) is 18.9 Å². The standard InChI is InChI=1S/C16H17ClF2N6O/c1-8(16(26)20-3-2-18)24-15-12(19)7-23-14(25-15)11-6-22-13-10(11)4-9(17)5-21-13/h4-5,7-8,11H,2-3,6H2,1H3,(H,20,26)(H,21,22)(H,23,24,25)/t8-,11?/m0/s1. The van der Waals surface area contributed by atoms with Crippen molar-refractivity contribution in [3.05, 3.63) is 40.7 Å². The highest BCUT2D eigenvalue weighted by Crippen LogP contribution is 2.35. The number of halogens is 3. The summed E-state index contributed by atoms with van der Waals surface area (Å²) in [6, 6.07) is 0.977. The van der Waals surface area contributed by atoms with E-state index in [9.17, 15) is 13.6 Å². The molecule has 2 aromatic rings. The van der Waals surface area contributed by atoms with E-state index in [1.165, 1.54) is 13.1 Å². The maximum Gasteiger partial charge on any atom is 0.242 e. The molecule has 2 aromatic heterocycles. The fraction of sp³-hybridized carbons (Fsp3) is 0.375. The minimum Gasteiger partial charge on any atom is -0.369 e. The number of hydrogen-bond acceptors (Lipinski definition) is 6. The van der Waals surface area contributed by atoms with Crippen LogP contribution in [0.4, 0.5) is 20.4 Å². The van der Waals surface area contributed by atoms with E-state index in [0.29, 0.717) is 23.2 Å². The van der Waals surface area contributed by atoms with Crippen molar-refractivity contribution < 1.29 is 13.6 Å². The van der Waals surface area contributed by atoms with Gasteiger partial charge in [0.15, 0.2) is 11.6 Å². The van der Waals surface area contributed by atoms with E-state index < -0.39 is 24.4 Å². The summed E-state index contributed by atoms with van der Waals surface area (Å²) in [4.78, 5) is 24.3. The third-order valence-corrected chi connectivity index (χ3v) is 4.15. The normalized spacial score (nSPS) is 16.5. The van der Waals surface area contributed by atoms with Crippen LogP contribution in [0.25, 0.3) is 0 Å². The van der Waals surface area contributed by atoms with Gasteiger partial charge in [-0.3, -0.25) is 4.79 Å². The first-order valence-electron chi connectivity index (χ1n) is 8.01. The van der Waals surface area contributed by atoms with Crippen LogP contribution >= 0.6 is 11.6 Å². The predicted octanol–water partition coefficient (Wildman–Crippen LogP) is 2.11. The van der Waals surface area contributed by atoms with Gasteiger partial charge in [0.05, 0.1) is 17.1 Å². The molecule has 0 aliphatic carbocycles. The lowest BCUT2D eigenvalue weighted by Crippen LogP contribution is -2.39. The van der Waals surface area contributed by atoms with Gasteiger partial charge in [0.25, 0.3) is 0 Å². The summed E-state index contributed by atoms with van der Waals surface area (Å²) in [5.41, 5.74) is 0.823. The fourth-order valence-corrected chi connectivity index (χ4v) is 2.82. The van der Waals surface area contributed by atoms with Crippen LogP contribution in [-0.2, 0) is 4.79 Å². The lowest BCUT2D eigenvalue weighted by atomic mass is 10.0. The number of nitrogens with zero attached hydrogens (tertiary/aromatic N) is 3. The minimum absolute atomic E-state index is 0.0960. The lowest BCUT2D eigenvalue weighted by molar-refractivity contribution is -0.121. The predicted molar refractivity (Wildman–Crippen MR) is 93.6 cm³/mol. The van der Waals surface area contributed by atoms with Crippen LogP contribution in [0.3, 0.4) is 0 Å². The Labute approximate surface area is 153 Å². The molecule has 0 fully saturated rings. The van der Waals surface area contributed by atoms with Gasteiger partial charge >= 0.3 is 0 Å². The summed E-state index contributed by atoms with van der Waals surface area (Å²) >= 11 is 6.00. The van der Waals surface area contributed by atoms with E-state index >= 15 is 0 Å². The third-order valence-electron chi connectivity index (χ3n) is 3.95. The van der Waals surface area contributed by atoms with E-state index in [1.54, 1.807) is 6.07 Å². The van der Waals surface area contributed by atoms with E-state index in [-0.39, 0.29) is 18.3 Å². The highest BCUT2D eigenvalue weighted by molar-refractivity contribution is 6.30. The monoisotopic (exact) mass is 382 g/mol. The zero-order valence-electron chi connectivity index (χ0n) is 13.9. The molecule has 1 unspecified atom stereocenters. The zero-order chi connectivity index (χ0) is 18.7. The third kappa shape index (κ3) is 3.82. The van der Waals surface area contributed by atoms with Gasteiger partial charge in [0.2, 0.25) is 5.91 Å². The number of alkyl halides is 1. The van der Waals surface area contributed by atoms with Gasteiger partial charge < -0.3 is 16.0 Å². The van der Waals surface area contributed by atoms with Gasteiger partial charge in [-0.2, -0.15) is 0 Å². The molecule has 7 nitrogen and oxygen atoms in total. The van der Waals surface area contributed by atoms with Gasteiger partial charge in [-0.05, 0) is 13.0 Å². The van der Waals surface area contributed by atoms with Crippen LogP contribution < -0.4 is 16.0 Å². The Morgan fingerprint density at radius 1 is 1.46 bits per heavy atom. The van der Waals surface area contributed by atoms with E-state index in [2.05, 4.69) is 30.9 Å². The summed E-state index contributed by atoms with van der Waals surface area (Å²) in [5.74, 6) is -0.420. The summed E-state index contributed by atoms with van der Waals surface area (Å²) in [7, 11) is 0. The first kappa shape index (κ1) is 18.2. The maximum absolute atomic E-state index is 14.1. The number of fused-ring (bicyclic) bond motifs is 1. The Balaban J connectivity index is 1.81. The maximum atomic E-state index is 14.1. The molecule has 2 atom stereocenters. The fourth-order valence-electron chi connectivity index (χ4n) is 2.65. The van der Waals surface area contributed by atoms with Crippen molar-refractivity contribution in [3.63, 3.8) is 0 Å². The summed E-state index contributed by atoms with van der Waals surface area (Å²) in [6.45, 7) is 1.26. The molecule has 0 saturated carbocycles. The summed E-state index contributed by atoms with van der Waals surface area (Å²) in [5, 5.41) is 8.69. The van der Waals surface area contributed by atoms with Crippen molar-refractivity contribution in [3.8, 4) is 0 Å². The molecule has 138 valence electrons. The molecule has 26 heavy (non-hydrogen) atoms. The van der Waals surface area contributed by atoms with Crippen molar-refractivity contribution in [2.24, 2.45) is 0 Å². The number of nitrogens with one attached hydrogen (secondary N) is 3. The van der Waals surface area contributed by atoms with Gasteiger partial charge in [-0.25, -0.2) is 23.7 Å². The molecule has 0 saturated heterocycles. The number of aromatic nitrogens is 3. The first-order chi connectivity index (χ1) is 12.5. The molecule has 3 heterocycles. The second-order valence-corrected chi connectivity index (χ2v) is 6.23.